The van der Waals surface area contributed by atoms with Gasteiger partial charge in [0.2, 0.25) is 0 Å². The minimum atomic E-state index is -0.0911. The van der Waals surface area contributed by atoms with E-state index in [4.69, 9.17) is 0 Å². The van der Waals surface area contributed by atoms with Crippen molar-refractivity contribution < 1.29 is 9.59 Å². The van der Waals surface area contributed by atoms with E-state index in [1.807, 2.05) is 48.5 Å². The minimum Gasteiger partial charge on any atom is -0.355 e. The highest BCUT2D eigenvalue weighted by Gasteiger charge is 2.31. The number of carbonyl (C=O) groups excluding carboxylic acids is 2. The maximum atomic E-state index is 13.1. The molecule has 0 spiro atoms. The first-order valence-corrected chi connectivity index (χ1v) is 10.6. The molecule has 29 heavy (non-hydrogen) atoms. The van der Waals surface area contributed by atoms with E-state index in [0.29, 0.717) is 11.6 Å². The Balaban J connectivity index is 1.44. The van der Waals surface area contributed by atoms with Crippen LogP contribution in [0.2, 0.25) is 0 Å². The van der Waals surface area contributed by atoms with E-state index in [9.17, 15) is 9.59 Å². The number of hydrogen-bond donors (Lipinski definition) is 1. The lowest BCUT2D eigenvalue weighted by molar-refractivity contribution is 0.0708. The van der Waals surface area contributed by atoms with Crippen LogP contribution in [0.3, 0.4) is 0 Å². The smallest absolute Gasteiger partial charge is 0.254 e. The van der Waals surface area contributed by atoms with Crippen LogP contribution in [-0.4, -0.2) is 60.9 Å². The number of benzene rings is 2. The Bertz CT molecular complexity index is 855. The average molecular weight is 392 g/mol. The summed E-state index contributed by atoms with van der Waals surface area (Å²) in [4.78, 5) is 29.4. The molecule has 0 saturated carbocycles. The van der Waals surface area contributed by atoms with Crippen molar-refractivity contribution in [1.29, 1.82) is 0 Å². The van der Waals surface area contributed by atoms with Gasteiger partial charge in [0.25, 0.3) is 11.8 Å². The van der Waals surface area contributed by atoms with E-state index < -0.39 is 0 Å². The molecule has 2 aliphatic rings. The molecular formula is C24H29N3O2. The zero-order valence-corrected chi connectivity index (χ0v) is 17.1. The van der Waals surface area contributed by atoms with E-state index in [2.05, 4.69) is 15.1 Å². The van der Waals surface area contributed by atoms with Gasteiger partial charge in [-0.3, -0.25) is 9.59 Å². The van der Waals surface area contributed by atoms with E-state index in [-0.39, 0.29) is 11.8 Å². The molecule has 2 aliphatic heterocycles. The lowest BCUT2D eigenvalue weighted by Gasteiger charge is -2.28. The maximum absolute atomic E-state index is 13.1. The molecule has 2 aromatic carbocycles. The maximum Gasteiger partial charge on any atom is 0.254 e. The van der Waals surface area contributed by atoms with Gasteiger partial charge in [0.15, 0.2) is 0 Å². The number of nitrogens with one attached hydrogen (secondary N) is 1. The van der Waals surface area contributed by atoms with Crippen LogP contribution in [-0.2, 0) is 0 Å². The van der Waals surface area contributed by atoms with Crippen molar-refractivity contribution in [1.82, 2.24) is 15.1 Å². The van der Waals surface area contributed by atoms with Crippen molar-refractivity contribution in [3.63, 3.8) is 0 Å². The highest BCUT2D eigenvalue weighted by molar-refractivity contribution is 5.96. The Morgan fingerprint density at radius 1 is 0.862 bits per heavy atom. The summed E-state index contributed by atoms with van der Waals surface area (Å²) in [5.41, 5.74) is 3.47. The number of rotatable bonds is 5. The largest absolute Gasteiger partial charge is 0.355 e. The summed E-state index contributed by atoms with van der Waals surface area (Å²) in [5, 5.41) is 2.63. The third-order valence-electron chi connectivity index (χ3n) is 6.14. The van der Waals surface area contributed by atoms with Crippen molar-refractivity contribution in [2.24, 2.45) is 0 Å². The predicted octanol–water partition coefficient (Wildman–Crippen LogP) is 3.41. The van der Waals surface area contributed by atoms with Crippen LogP contribution in [0.5, 0.6) is 0 Å². The molecule has 2 heterocycles. The third kappa shape index (κ3) is 4.35. The number of nitrogens with zero attached hydrogens (tertiary/aromatic N) is 2. The zero-order valence-electron chi connectivity index (χ0n) is 17.1. The summed E-state index contributed by atoms with van der Waals surface area (Å²) in [6.45, 7) is 4.22. The van der Waals surface area contributed by atoms with E-state index in [0.717, 1.165) is 42.6 Å². The van der Waals surface area contributed by atoms with Gasteiger partial charge in [0, 0.05) is 37.3 Å². The van der Waals surface area contributed by atoms with Gasteiger partial charge < -0.3 is 15.1 Å². The molecule has 0 bridgehead atoms. The van der Waals surface area contributed by atoms with Crippen molar-refractivity contribution in [3.05, 3.63) is 59.7 Å². The van der Waals surface area contributed by atoms with Gasteiger partial charge >= 0.3 is 0 Å². The molecule has 2 amide bonds. The van der Waals surface area contributed by atoms with Gasteiger partial charge in [-0.25, -0.2) is 0 Å². The van der Waals surface area contributed by atoms with Crippen molar-refractivity contribution in [2.75, 3.05) is 33.2 Å². The van der Waals surface area contributed by atoms with Gasteiger partial charge in [-0.05, 0) is 74.2 Å². The van der Waals surface area contributed by atoms with Gasteiger partial charge in [-0.1, -0.05) is 24.3 Å². The number of carbonyl (C=O) groups is 2. The number of hydrogen-bond acceptors (Lipinski definition) is 3. The van der Waals surface area contributed by atoms with Crippen LogP contribution in [0.1, 0.15) is 46.4 Å². The molecule has 4 rings (SSSR count). The second-order valence-corrected chi connectivity index (χ2v) is 8.04. The summed E-state index contributed by atoms with van der Waals surface area (Å²) < 4.78 is 0. The van der Waals surface area contributed by atoms with Crippen LogP contribution < -0.4 is 5.32 Å². The van der Waals surface area contributed by atoms with Crippen molar-refractivity contribution in [3.8, 4) is 11.1 Å². The van der Waals surface area contributed by atoms with Crippen LogP contribution in [0.25, 0.3) is 11.1 Å². The van der Waals surface area contributed by atoms with Crippen LogP contribution >= 0.6 is 0 Å². The quantitative estimate of drug-likeness (QED) is 0.850. The third-order valence-corrected chi connectivity index (χ3v) is 6.14. The summed E-state index contributed by atoms with van der Waals surface area (Å²) in [5.74, 6) is 0.0554. The molecule has 5 heteroatoms. The standard InChI is InChI=1S/C24H29N3O2/c1-25-23(28)20-10-6-18(7-11-20)19-8-12-21(13-9-19)24(29)27-16-4-5-22(27)17-26-14-2-3-15-26/h6-13,22H,2-5,14-17H2,1H3,(H,25,28). The SMILES string of the molecule is CNC(=O)c1ccc(-c2ccc(C(=O)N3CCCC3CN3CCCC3)cc2)cc1. The fourth-order valence-corrected chi connectivity index (χ4v) is 4.49. The van der Waals surface area contributed by atoms with Gasteiger partial charge in [-0.2, -0.15) is 0 Å². The zero-order chi connectivity index (χ0) is 20.2. The summed E-state index contributed by atoms with van der Waals surface area (Å²) in [6.07, 6.45) is 4.77. The van der Waals surface area contributed by atoms with E-state index in [1.165, 1.54) is 25.9 Å². The highest BCUT2D eigenvalue weighted by Crippen LogP contribution is 2.25. The summed E-state index contributed by atoms with van der Waals surface area (Å²) >= 11 is 0. The molecule has 1 N–H and O–H groups in total. The highest BCUT2D eigenvalue weighted by atomic mass is 16.2. The molecule has 0 aromatic heterocycles. The van der Waals surface area contributed by atoms with Gasteiger partial charge in [0.05, 0.1) is 0 Å². The normalized spacial score (nSPS) is 19.5. The van der Waals surface area contributed by atoms with E-state index in [1.54, 1.807) is 7.05 Å². The topological polar surface area (TPSA) is 52.7 Å². The fourth-order valence-electron chi connectivity index (χ4n) is 4.49. The van der Waals surface area contributed by atoms with Crippen molar-refractivity contribution in [2.45, 2.75) is 31.7 Å². The van der Waals surface area contributed by atoms with Crippen LogP contribution in [0.15, 0.2) is 48.5 Å². The Labute approximate surface area is 172 Å². The number of likely N-dealkylation sites (tertiary alicyclic amines) is 2. The van der Waals surface area contributed by atoms with Crippen LogP contribution in [0.4, 0.5) is 0 Å². The first-order valence-electron chi connectivity index (χ1n) is 10.6. The first-order chi connectivity index (χ1) is 14.2. The molecular weight excluding hydrogens is 362 g/mol. The van der Waals surface area contributed by atoms with Gasteiger partial charge in [0.1, 0.15) is 0 Å². The lowest BCUT2D eigenvalue weighted by atomic mass is 10.0. The molecule has 5 nitrogen and oxygen atoms in total. The molecule has 2 aromatic rings. The lowest BCUT2D eigenvalue weighted by Crippen LogP contribution is -2.42. The molecule has 152 valence electrons. The number of amides is 2. The fraction of sp³-hybridized carbons (Fsp3) is 0.417. The predicted molar refractivity (Wildman–Crippen MR) is 115 cm³/mol. The Kier molecular flexibility index (Phi) is 5.95. The van der Waals surface area contributed by atoms with Crippen LogP contribution in [0, 0.1) is 0 Å². The second-order valence-electron chi connectivity index (χ2n) is 8.04. The molecule has 1 atom stereocenters. The Morgan fingerprint density at radius 2 is 1.45 bits per heavy atom. The second kappa shape index (κ2) is 8.78. The molecule has 1 unspecified atom stereocenters. The Hall–Kier alpha value is -2.66. The molecule has 2 saturated heterocycles. The van der Waals surface area contributed by atoms with Gasteiger partial charge in [-0.15, -0.1) is 0 Å². The average Bonchev–Trinajstić information content (AvgIpc) is 3.45. The summed E-state index contributed by atoms with van der Waals surface area (Å²) in [6, 6.07) is 15.7. The Morgan fingerprint density at radius 3 is 2.03 bits per heavy atom. The molecule has 0 radical (unpaired) electrons. The first kappa shape index (κ1) is 19.6. The summed E-state index contributed by atoms with van der Waals surface area (Å²) in [7, 11) is 1.63. The molecule has 0 aliphatic carbocycles. The minimum absolute atomic E-state index is 0.0911. The van der Waals surface area contributed by atoms with E-state index >= 15 is 0 Å². The molecule has 2 fully saturated rings. The monoisotopic (exact) mass is 391 g/mol. The van der Waals surface area contributed by atoms with Crippen molar-refractivity contribution >= 4 is 11.8 Å².